The van der Waals surface area contributed by atoms with E-state index < -0.39 is 0 Å². The van der Waals surface area contributed by atoms with Crippen molar-refractivity contribution in [2.75, 3.05) is 0 Å². The molecule has 24 heavy (non-hydrogen) atoms. The van der Waals surface area contributed by atoms with Crippen molar-refractivity contribution in [3.8, 4) is 0 Å². The minimum absolute atomic E-state index is 0.161. The van der Waals surface area contributed by atoms with Crippen LogP contribution < -0.4 is 0 Å². The largest absolute Gasteiger partial charge is 0.251 e. The van der Waals surface area contributed by atoms with E-state index >= 15 is 0 Å². The Balaban J connectivity index is 1.60. The van der Waals surface area contributed by atoms with Crippen molar-refractivity contribution in [1.82, 2.24) is 0 Å². The van der Waals surface area contributed by atoms with Gasteiger partial charge in [-0.3, -0.25) is 4.99 Å². The van der Waals surface area contributed by atoms with Gasteiger partial charge in [0.25, 0.3) is 0 Å². The number of hydrogen-bond acceptors (Lipinski definition) is 4. The minimum Gasteiger partial charge on any atom is -0.251 e. The van der Waals surface area contributed by atoms with E-state index in [0.717, 1.165) is 29.3 Å². The van der Waals surface area contributed by atoms with Gasteiger partial charge in [-0.25, -0.2) is 4.99 Å². The van der Waals surface area contributed by atoms with Gasteiger partial charge in [-0.2, -0.15) is 0 Å². The van der Waals surface area contributed by atoms with Crippen LogP contribution in [0.15, 0.2) is 51.8 Å². The predicted molar refractivity (Wildman–Crippen MR) is 107 cm³/mol. The van der Waals surface area contributed by atoms with Crippen LogP contribution in [0.3, 0.4) is 0 Å². The number of rotatable bonds is 3. The van der Waals surface area contributed by atoms with Crippen LogP contribution in [0.5, 0.6) is 0 Å². The number of thiophene rings is 1. The van der Waals surface area contributed by atoms with Gasteiger partial charge in [0.2, 0.25) is 0 Å². The van der Waals surface area contributed by atoms with Crippen LogP contribution in [-0.4, -0.2) is 16.4 Å². The summed E-state index contributed by atoms with van der Waals surface area (Å²) in [7, 11) is 0. The highest BCUT2D eigenvalue weighted by Crippen LogP contribution is 2.39. The van der Waals surface area contributed by atoms with Gasteiger partial charge in [0.1, 0.15) is 10.8 Å². The molecule has 2 nitrogen and oxygen atoms in total. The van der Waals surface area contributed by atoms with Crippen molar-refractivity contribution in [2.24, 2.45) is 9.98 Å². The summed E-state index contributed by atoms with van der Waals surface area (Å²) in [6, 6.07) is 12.9. The average molecular weight is 355 g/mol. The third-order valence-electron chi connectivity index (χ3n) is 4.87. The van der Waals surface area contributed by atoms with Crippen LogP contribution in [0.1, 0.15) is 48.1 Å². The smallest absolute Gasteiger partial charge is 0.152 e. The van der Waals surface area contributed by atoms with Crippen LogP contribution >= 0.6 is 23.1 Å². The lowest BCUT2D eigenvalue weighted by Crippen LogP contribution is -2.25. The van der Waals surface area contributed by atoms with E-state index in [9.17, 15) is 0 Å². The van der Waals surface area contributed by atoms with E-state index in [-0.39, 0.29) is 5.66 Å². The van der Waals surface area contributed by atoms with E-state index in [1.807, 2.05) is 11.8 Å². The second-order valence-electron chi connectivity index (χ2n) is 6.61. The summed E-state index contributed by atoms with van der Waals surface area (Å²) in [6.45, 7) is 2.18. The summed E-state index contributed by atoms with van der Waals surface area (Å²) in [4.78, 5) is 11.5. The van der Waals surface area contributed by atoms with Gasteiger partial charge in [0.05, 0.1) is 4.88 Å². The first kappa shape index (κ1) is 16.1. The Bertz CT molecular complexity index is 769. The van der Waals surface area contributed by atoms with Crippen molar-refractivity contribution in [3.05, 3.63) is 57.8 Å². The molecule has 1 spiro atoms. The molecule has 0 unspecified atom stereocenters. The standard InChI is InChI=1S/C20H22N2S2/c1-15-8-3-4-9-16(15)14-24-19-18(17-10-7-13-23-17)21-20(22-19)11-5-2-6-12-20/h3-4,7-10,13H,2,5-6,11-12,14H2,1H3. The molecule has 4 heteroatoms. The molecular weight excluding hydrogens is 332 g/mol. The highest BCUT2D eigenvalue weighted by atomic mass is 32.2. The normalized spacial score (nSPS) is 19.4. The van der Waals surface area contributed by atoms with Crippen molar-refractivity contribution in [3.63, 3.8) is 0 Å². The van der Waals surface area contributed by atoms with E-state index in [2.05, 4.69) is 48.7 Å². The van der Waals surface area contributed by atoms with Crippen LogP contribution in [0, 0.1) is 6.92 Å². The number of benzene rings is 1. The van der Waals surface area contributed by atoms with Gasteiger partial charge >= 0.3 is 0 Å². The highest BCUT2D eigenvalue weighted by Gasteiger charge is 2.37. The summed E-state index contributed by atoms with van der Waals surface area (Å²) in [6.07, 6.45) is 6.04. The first-order valence-corrected chi connectivity index (χ1v) is 10.5. The fourth-order valence-electron chi connectivity index (χ4n) is 3.46. The Morgan fingerprint density at radius 1 is 1.04 bits per heavy atom. The Morgan fingerprint density at radius 2 is 1.88 bits per heavy atom. The van der Waals surface area contributed by atoms with Crippen molar-refractivity contribution >= 4 is 33.9 Å². The molecule has 4 rings (SSSR count). The highest BCUT2D eigenvalue weighted by molar-refractivity contribution is 8.15. The molecule has 124 valence electrons. The molecule has 2 aromatic rings. The molecule has 0 bridgehead atoms. The Morgan fingerprint density at radius 3 is 2.62 bits per heavy atom. The third-order valence-corrected chi connectivity index (χ3v) is 6.76. The van der Waals surface area contributed by atoms with E-state index in [1.54, 1.807) is 11.3 Å². The van der Waals surface area contributed by atoms with Crippen molar-refractivity contribution < 1.29 is 0 Å². The topological polar surface area (TPSA) is 24.7 Å². The average Bonchev–Trinajstić information content (AvgIpc) is 3.23. The lowest BCUT2D eigenvalue weighted by Gasteiger charge is -2.27. The summed E-state index contributed by atoms with van der Waals surface area (Å²) >= 11 is 3.62. The first-order chi connectivity index (χ1) is 11.8. The maximum atomic E-state index is 5.14. The van der Waals surface area contributed by atoms with E-state index in [1.165, 1.54) is 35.3 Å². The monoisotopic (exact) mass is 354 g/mol. The van der Waals surface area contributed by atoms with Gasteiger partial charge in [-0.15, -0.1) is 11.3 Å². The minimum atomic E-state index is -0.161. The van der Waals surface area contributed by atoms with E-state index in [0.29, 0.717) is 0 Å². The molecular formula is C20H22N2S2. The maximum Gasteiger partial charge on any atom is 0.152 e. The van der Waals surface area contributed by atoms with Gasteiger partial charge in [0.15, 0.2) is 5.66 Å². The molecule has 1 aliphatic carbocycles. The Hall–Kier alpha value is -1.39. The Kier molecular flexibility index (Phi) is 4.59. The van der Waals surface area contributed by atoms with Crippen LogP contribution in [0.4, 0.5) is 0 Å². The zero-order chi connectivity index (χ0) is 16.4. The first-order valence-electron chi connectivity index (χ1n) is 8.67. The second kappa shape index (κ2) is 6.85. The fourth-order valence-corrected chi connectivity index (χ4v) is 5.38. The SMILES string of the molecule is Cc1ccccc1CSC1=NC2(CCCCC2)N=C1c1cccs1. The lowest BCUT2D eigenvalue weighted by atomic mass is 9.90. The number of nitrogens with zero attached hydrogens (tertiary/aromatic N) is 2. The zero-order valence-corrected chi connectivity index (χ0v) is 15.6. The summed E-state index contributed by atoms with van der Waals surface area (Å²) < 4.78 is 0. The molecule has 1 aliphatic heterocycles. The predicted octanol–water partition coefficient (Wildman–Crippen LogP) is 5.85. The zero-order valence-electron chi connectivity index (χ0n) is 14.0. The van der Waals surface area contributed by atoms with Gasteiger partial charge in [0, 0.05) is 5.75 Å². The van der Waals surface area contributed by atoms with Crippen LogP contribution in [-0.2, 0) is 5.75 Å². The third kappa shape index (κ3) is 3.22. The molecule has 1 aromatic heterocycles. The van der Waals surface area contributed by atoms with E-state index in [4.69, 9.17) is 9.98 Å². The summed E-state index contributed by atoms with van der Waals surface area (Å²) in [5.74, 6) is 0.964. The maximum absolute atomic E-state index is 5.14. The molecule has 2 heterocycles. The molecule has 0 N–H and O–H groups in total. The molecule has 0 saturated heterocycles. The molecule has 1 aromatic carbocycles. The van der Waals surface area contributed by atoms with Crippen LogP contribution in [0.25, 0.3) is 0 Å². The molecule has 0 radical (unpaired) electrons. The molecule has 0 amide bonds. The quantitative estimate of drug-likeness (QED) is 0.678. The Labute approximate surface area is 152 Å². The molecule has 0 atom stereocenters. The van der Waals surface area contributed by atoms with Gasteiger partial charge < -0.3 is 0 Å². The van der Waals surface area contributed by atoms with Gasteiger partial charge in [-0.1, -0.05) is 48.5 Å². The van der Waals surface area contributed by atoms with Crippen molar-refractivity contribution in [1.29, 1.82) is 0 Å². The number of thioether (sulfide) groups is 1. The molecule has 1 fully saturated rings. The number of hydrogen-bond donors (Lipinski definition) is 0. The molecule has 2 aliphatic rings. The van der Waals surface area contributed by atoms with Gasteiger partial charge in [-0.05, 0) is 55.2 Å². The number of aliphatic imine (C=N–C) groups is 2. The second-order valence-corrected chi connectivity index (χ2v) is 8.52. The summed E-state index contributed by atoms with van der Waals surface area (Å²) in [5.41, 5.74) is 3.71. The number of aryl methyl sites for hydroxylation is 1. The summed E-state index contributed by atoms with van der Waals surface area (Å²) in [5, 5.41) is 3.27. The fraction of sp³-hybridized carbons (Fsp3) is 0.400. The van der Waals surface area contributed by atoms with Crippen molar-refractivity contribution in [2.45, 2.75) is 50.4 Å². The lowest BCUT2D eigenvalue weighted by molar-refractivity contribution is 0.317. The van der Waals surface area contributed by atoms with Crippen LogP contribution in [0.2, 0.25) is 0 Å². The molecule has 1 saturated carbocycles.